The molecule has 138 valence electrons. The van der Waals surface area contributed by atoms with Gasteiger partial charge in [0.05, 0.1) is 11.9 Å². The van der Waals surface area contributed by atoms with Gasteiger partial charge in [0.25, 0.3) is 0 Å². The summed E-state index contributed by atoms with van der Waals surface area (Å²) < 4.78 is 12.6. The molecule has 0 heterocycles. The predicted molar refractivity (Wildman–Crippen MR) is 111 cm³/mol. The fraction of sp³-hybridized carbons (Fsp3) is 0.391. The average molecular weight is 367 g/mol. The maximum absolute atomic E-state index is 6.86. The van der Waals surface area contributed by atoms with Crippen LogP contribution in [0.5, 0.6) is 0 Å². The monoisotopic (exact) mass is 366 g/mol. The topological polar surface area (TPSA) is 18.5 Å². The smallest absolute Gasteiger partial charge is 0.319 e. The zero-order valence-electron chi connectivity index (χ0n) is 16.6. The molecule has 0 spiro atoms. The fourth-order valence-corrected chi connectivity index (χ4v) is 8.22. The summed E-state index contributed by atoms with van der Waals surface area (Å²) in [6.07, 6.45) is 4.12. The van der Waals surface area contributed by atoms with E-state index in [0.29, 0.717) is 0 Å². The van der Waals surface area contributed by atoms with E-state index < -0.39 is 8.32 Å². The highest BCUT2D eigenvalue weighted by atomic mass is 28.4. The van der Waals surface area contributed by atoms with E-state index in [1.807, 2.05) is 6.26 Å². The minimum atomic E-state index is -2.50. The van der Waals surface area contributed by atoms with Crippen LogP contribution in [0.4, 0.5) is 0 Å². The van der Waals surface area contributed by atoms with Crippen molar-refractivity contribution >= 4 is 18.7 Å². The van der Waals surface area contributed by atoms with Crippen LogP contribution in [-0.4, -0.2) is 21.0 Å². The molecule has 2 aromatic carbocycles. The highest BCUT2D eigenvalue weighted by Crippen LogP contribution is 2.42. The molecular weight excluding hydrogens is 336 g/mol. The lowest BCUT2D eigenvalue weighted by atomic mass is 9.77. The van der Waals surface area contributed by atoms with Gasteiger partial charge in [0, 0.05) is 7.11 Å². The molecule has 1 saturated carbocycles. The van der Waals surface area contributed by atoms with Gasteiger partial charge in [0.2, 0.25) is 0 Å². The van der Waals surface area contributed by atoms with E-state index in [9.17, 15) is 0 Å². The molecule has 0 aliphatic heterocycles. The standard InChI is InChI=1S/C23H30O2Si/c1-22(2,3)26(20-12-8-6-9-13-20,21-14-10-7-11-15-21)25-18-19-16-17-23(19,4)24-5/h6-15,18H,16-17H2,1-5H3/b19-18+. The first kappa shape index (κ1) is 18.9. The lowest BCUT2D eigenvalue weighted by Crippen LogP contribution is -2.66. The molecule has 0 aromatic heterocycles. The number of hydrogen-bond donors (Lipinski definition) is 0. The van der Waals surface area contributed by atoms with Crippen LogP contribution in [0.1, 0.15) is 40.5 Å². The van der Waals surface area contributed by atoms with Crippen LogP contribution in [0.3, 0.4) is 0 Å². The molecule has 1 aliphatic rings. The molecule has 0 saturated heterocycles. The number of methoxy groups -OCH3 is 1. The second kappa shape index (κ2) is 7.05. The third kappa shape index (κ3) is 3.14. The van der Waals surface area contributed by atoms with Crippen molar-refractivity contribution in [3.63, 3.8) is 0 Å². The Balaban J connectivity index is 2.14. The van der Waals surface area contributed by atoms with Gasteiger partial charge in [-0.15, -0.1) is 0 Å². The molecular formula is C23H30O2Si. The van der Waals surface area contributed by atoms with Gasteiger partial charge in [-0.2, -0.15) is 0 Å². The Hall–Kier alpha value is -1.84. The lowest BCUT2D eigenvalue weighted by Gasteiger charge is -2.44. The van der Waals surface area contributed by atoms with Crippen LogP contribution in [0.25, 0.3) is 0 Å². The molecule has 1 atom stereocenters. The molecule has 0 radical (unpaired) electrons. The Bertz CT molecular complexity index is 718. The van der Waals surface area contributed by atoms with Gasteiger partial charge in [-0.1, -0.05) is 81.4 Å². The van der Waals surface area contributed by atoms with Gasteiger partial charge in [-0.25, -0.2) is 0 Å². The van der Waals surface area contributed by atoms with E-state index >= 15 is 0 Å². The van der Waals surface area contributed by atoms with Crippen LogP contribution >= 0.6 is 0 Å². The summed E-state index contributed by atoms with van der Waals surface area (Å²) >= 11 is 0. The Labute approximate surface area is 159 Å². The largest absolute Gasteiger partial charge is 0.540 e. The highest BCUT2D eigenvalue weighted by Gasteiger charge is 2.52. The summed E-state index contributed by atoms with van der Waals surface area (Å²) in [4.78, 5) is 0. The quantitative estimate of drug-likeness (QED) is 0.567. The minimum absolute atomic E-state index is 0.0139. The van der Waals surface area contributed by atoms with Crippen molar-refractivity contribution in [3.8, 4) is 0 Å². The Morgan fingerprint density at radius 1 is 0.923 bits per heavy atom. The lowest BCUT2D eigenvalue weighted by molar-refractivity contribution is -0.00654. The first-order valence-corrected chi connectivity index (χ1v) is 11.3. The third-order valence-electron chi connectivity index (χ3n) is 5.80. The van der Waals surface area contributed by atoms with E-state index in [0.717, 1.165) is 12.8 Å². The van der Waals surface area contributed by atoms with Gasteiger partial charge in [0.1, 0.15) is 0 Å². The molecule has 2 aromatic rings. The van der Waals surface area contributed by atoms with Crippen molar-refractivity contribution in [1.82, 2.24) is 0 Å². The maximum atomic E-state index is 6.86. The Kier molecular flexibility index (Phi) is 5.13. The molecule has 0 N–H and O–H groups in total. The van der Waals surface area contributed by atoms with Crippen LogP contribution < -0.4 is 10.4 Å². The second-order valence-electron chi connectivity index (χ2n) is 8.36. The molecule has 1 fully saturated rings. The summed E-state index contributed by atoms with van der Waals surface area (Å²) in [5.41, 5.74) is 1.08. The highest BCUT2D eigenvalue weighted by molar-refractivity contribution is 6.99. The zero-order valence-corrected chi connectivity index (χ0v) is 17.6. The molecule has 26 heavy (non-hydrogen) atoms. The van der Waals surface area contributed by atoms with Crippen molar-refractivity contribution in [2.45, 2.75) is 51.2 Å². The molecule has 0 amide bonds. The summed E-state index contributed by atoms with van der Waals surface area (Å²) in [5, 5.41) is 2.59. The van der Waals surface area contributed by atoms with Crippen molar-refractivity contribution in [1.29, 1.82) is 0 Å². The van der Waals surface area contributed by atoms with E-state index in [1.54, 1.807) is 7.11 Å². The Morgan fingerprint density at radius 2 is 1.42 bits per heavy atom. The zero-order chi connectivity index (χ0) is 18.8. The maximum Gasteiger partial charge on any atom is 0.319 e. The number of hydrogen-bond acceptors (Lipinski definition) is 2. The molecule has 1 unspecified atom stereocenters. The SMILES string of the molecule is COC1(C)CC/C1=C\O[Si](c1ccccc1)(c1ccccc1)C(C)(C)C. The Morgan fingerprint density at radius 3 is 1.77 bits per heavy atom. The van der Waals surface area contributed by atoms with Crippen molar-refractivity contribution in [2.75, 3.05) is 7.11 Å². The van der Waals surface area contributed by atoms with E-state index in [1.165, 1.54) is 15.9 Å². The van der Waals surface area contributed by atoms with Gasteiger partial charge >= 0.3 is 8.32 Å². The van der Waals surface area contributed by atoms with Crippen molar-refractivity contribution in [2.24, 2.45) is 0 Å². The first-order valence-electron chi connectivity index (χ1n) is 9.37. The van der Waals surface area contributed by atoms with Gasteiger partial charge in [-0.3, -0.25) is 0 Å². The van der Waals surface area contributed by atoms with E-state index in [2.05, 4.69) is 88.4 Å². The first-order chi connectivity index (χ1) is 12.3. The summed E-state index contributed by atoms with van der Waals surface area (Å²) in [5.74, 6) is 0. The summed E-state index contributed by atoms with van der Waals surface area (Å²) in [6, 6.07) is 21.5. The second-order valence-corrected chi connectivity index (χ2v) is 12.6. The molecule has 3 rings (SSSR count). The summed E-state index contributed by atoms with van der Waals surface area (Å²) in [6.45, 7) is 9.05. The van der Waals surface area contributed by atoms with Crippen molar-refractivity contribution < 1.29 is 9.16 Å². The number of ether oxygens (including phenoxy) is 1. The number of rotatable bonds is 5. The van der Waals surface area contributed by atoms with Crippen LogP contribution in [0, 0.1) is 0 Å². The normalized spacial score (nSPS) is 22.1. The average Bonchev–Trinajstić information content (AvgIpc) is 2.64. The molecule has 0 bridgehead atoms. The van der Waals surface area contributed by atoms with Gasteiger partial charge in [-0.05, 0) is 40.8 Å². The minimum Gasteiger partial charge on any atom is -0.540 e. The predicted octanol–water partition coefficient (Wildman–Crippen LogP) is 4.65. The van der Waals surface area contributed by atoms with Crippen molar-refractivity contribution in [3.05, 3.63) is 72.5 Å². The number of benzene rings is 2. The van der Waals surface area contributed by atoms with E-state index in [-0.39, 0.29) is 10.6 Å². The molecule has 1 aliphatic carbocycles. The van der Waals surface area contributed by atoms with Crippen LogP contribution in [0.2, 0.25) is 5.04 Å². The van der Waals surface area contributed by atoms with Gasteiger partial charge in [0.15, 0.2) is 0 Å². The summed E-state index contributed by atoms with van der Waals surface area (Å²) in [7, 11) is -0.714. The van der Waals surface area contributed by atoms with Crippen LogP contribution in [-0.2, 0) is 9.16 Å². The molecule has 3 heteroatoms. The molecule has 2 nitrogen and oxygen atoms in total. The third-order valence-corrected chi connectivity index (χ3v) is 10.7. The van der Waals surface area contributed by atoms with Crippen LogP contribution in [0.15, 0.2) is 72.5 Å². The fourth-order valence-electron chi connectivity index (χ4n) is 3.89. The van der Waals surface area contributed by atoms with Gasteiger partial charge < -0.3 is 9.16 Å². The van der Waals surface area contributed by atoms with E-state index in [4.69, 9.17) is 9.16 Å².